The second-order valence-corrected chi connectivity index (χ2v) is 4.52. The van der Waals surface area contributed by atoms with Crippen molar-refractivity contribution < 1.29 is 17.9 Å². The van der Waals surface area contributed by atoms with Crippen molar-refractivity contribution in [3.05, 3.63) is 29.8 Å². The van der Waals surface area contributed by atoms with E-state index in [2.05, 4.69) is 5.32 Å². The quantitative estimate of drug-likeness (QED) is 0.878. The number of hydrogen-bond acceptors (Lipinski definition) is 2. The number of hydrogen-bond donors (Lipinski definition) is 1. The summed E-state index contributed by atoms with van der Waals surface area (Å²) in [5.41, 5.74) is -0.332. The molecule has 0 saturated carbocycles. The molecular weight excluding hydrogens is 231 g/mol. The van der Waals surface area contributed by atoms with Crippen LogP contribution in [0.2, 0.25) is 0 Å². The Morgan fingerprint density at radius 1 is 1.12 bits per heavy atom. The van der Waals surface area contributed by atoms with Crippen LogP contribution in [-0.4, -0.2) is 19.3 Å². The SMILES string of the molecule is COCC(C)(C)Nc1ccc(C(F)(F)F)cc1. The van der Waals surface area contributed by atoms with E-state index in [1.54, 1.807) is 7.11 Å². The fourth-order valence-electron chi connectivity index (χ4n) is 1.53. The highest BCUT2D eigenvalue weighted by Crippen LogP contribution is 2.30. The van der Waals surface area contributed by atoms with Gasteiger partial charge in [0, 0.05) is 12.8 Å². The summed E-state index contributed by atoms with van der Waals surface area (Å²) in [6.07, 6.45) is -4.29. The van der Waals surface area contributed by atoms with Crippen LogP contribution in [0.4, 0.5) is 18.9 Å². The molecule has 0 aliphatic carbocycles. The van der Waals surface area contributed by atoms with Gasteiger partial charge in [-0.3, -0.25) is 0 Å². The molecule has 1 rings (SSSR count). The van der Waals surface area contributed by atoms with Crippen LogP contribution in [-0.2, 0) is 10.9 Å². The Balaban J connectivity index is 2.75. The maximum Gasteiger partial charge on any atom is 0.416 e. The smallest absolute Gasteiger partial charge is 0.382 e. The molecule has 0 fully saturated rings. The van der Waals surface area contributed by atoms with Crippen molar-refractivity contribution in [3.63, 3.8) is 0 Å². The average molecular weight is 247 g/mol. The standard InChI is InChI=1S/C12H16F3NO/c1-11(2,8-17-3)16-10-6-4-9(5-7-10)12(13,14)15/h4-7,16H,8H2,1-3H3. The average Bonchev–Trinajstić information content (AvgIpc) is 2.16. The van der Waals surface area contributed by atoms with Gasteiger partial charge in [-0.1, -0.05) is 0 Å². The molecule has 0 radical (unpaired) electrons. The van der Waals surface area contributed by atoms with Crippen LogP contribution in [0.25, 0.3) is 0 Å². The first-order valence-electron chi connectivity index (χ1n) is 5.19. The second kappa shape index (κ2) is 4.96. The lowest BCUT2D eigenvalue weighted by Crippen LogP contribution is -2.35. The van der Waals surface area contributed by atoms with Crippen molar-refractivity contribution in [2.75, 3.05) is 19.0 Å². The summed E-state index contributed by atoms with van der Waals surface area (Å²) >= 11 is 0. The number of anilines is 1. The van der Waals surface area contributed by atoms with Gasteiger partial charge in [-0.2, -0.15) is 13.2 Å². The van der Waals surface area contributed by atoms with Gasteiger partial charge >= 0.3 is 6.18 Å². The Hall–Kier alpha value is -1.23. The molecule has 0 saturated heterocycles. The first-order chi connectivity index (χ1) is 7.74. The maximum absolute atomic E-state index is 12.3. The van der Waals surface area contributed by atoms with E-state index < -0.39 is 11.7 Å². The Labute approximate surface area is 98.8 Å². The van der Waals surface area contributed by atoms with E-state index >= 15 is 0 Å². The zero-order valence-corrected chi connectivity index (χ0v) is 10.1. The number of benzene rings is 1. The van der Waals surface area contributed by atoms with Crippen LogP contribution in [0.3, 0.4) is 0 Å². The molecule has 1 aromatic rings. The lowest BCUT2D eigenvalue weighted by Gasteiger charge is -2.26. The van der Waals surface area contributed by atoms with Crippen LogP contribution in [0.15, 0.2) is 24.3 Å². The van der Waals surface area contributed by atoms with Gasteiger partial charge in [-0.15, -0.1) is 0 Å². The Morgan fingerprint density at radius 3 is 2.06 bits per heavy atom. The van der Waals surface area contributed by atoms with Gasteiger partial charge in [0.15, 0.2) is 0 Å². The van der Waals surface area contributed by atoms with Crippen molar-refractivity contribution in [2.24, 2.45) is 0 Å². The van der Waals surface area contributed by atoms with E-state index in [9.17, 15) is 13.2 Å². The number of rotatable bonds is 4. The van der Waals surface area contributed by atoms with Gasteiger partial charge in [-0.05, 0) is 38.1 Å². The molecule has 0 aromatic heterocycles. The molecule has 2 nitrogen and oxygen atoms in total. The minimum Gasteiger partial charge on any atom is -0.382 e. The molecule has 0 aliphatic heterocycles. The zero-order chi connectivity index (χ0) is 13.1. The van der Waals surface area contributed by atoms with Crippen LogP contribution in [0, 0.1) is 0 Å². The van der Waals surface area contributed by atoms with Crippen LogP contribution >= 0.6 is 0 Å². The number of nitrogens with one attached hydrogen (secondary N) is 1. The van der Waals surface area contributed by atoms with Crippen molar-refractivity contribution >= 4 is 5.69 Å². The molecular formula is C12H16F3NO. The van der Waals surface area contributed by atoms with E-state index in [0.29, 0.717) is 12.3 Å². The molecule has 0 heterocycles. The van der Waals surface area contributed by atoms with Gasteiger partial charge < -0.3 is 10.1 Å². The van der Waals surface area contributed by atoms with Crippen molar-refractivity contribution in [2.45, 2.75) is 25.6 Å². The predicted octanol–water partition coefficient (Wildman–Crippen LogP) is 3.54. The van der Waals surface area contributed by atoms with E-state index in [0.717, 1.165) is 12.1 Å². The predicted molar refractivity (Wildman–Crippen MR) is 61.0 cm³/mol. The van der Waals surface area contributed by atoms with Crippen molar-refractivity contribution in [3.8, 4) is 0 Å². The summed E-state index contributed by atoms with van der Waals surface area (Å²) in [6, 6.07) is 4.96. The van der Waals surface area contributed by atoms with E-state index in [1.807, 2.05) is 13.8 Å². The fourth-order valence-corrected chi connectivity index (χ4v) is 1.53. The number of ether oxygens (including phenoxy) is 1. The summed E-state index contributed by atoms with van der Waals surface area (Å²) in [4.78, 5) is 0. The molecule has 1 aromatic carbocycles. The van der Waals surface area contributed by atoms with Crippen molar-refractivity contribution in [1.29, 1.82) is 0 Å². The lowest BCUT2D eigenvalue weighted by molar-refractivity contribution is -0.137. The highest BCUT2D eigenvalue weighted by molar-refractivity contribution is 5.47. The molecule has 0 amide bonds. The van der Waals surface area contributed by atoms with Gasteiger partial charge in [0.25, 0.3) is 0 Å². The zero-order valence-electron chi connectivity index (χ0n) is 10.1. The molecule has 96 valence electrons. The number of halogens is 3. The van der Waals surface area contributed by atoms with Gasteiger partial charge in [0.05, 0.1) is 17.7 Å². The first-order valence-corrected chi connectivity index (χ1v) is 5.19. The summed E-state index contributed by atoms with van der Waals surface area (Å²) in [5.74, 6) is 0. The topological polar surface area (TPSA) is 21.3 Å². The van der Waals surface area contributed by atoms with Crippen LogP contribution in [0.5, 0.6) is 0 Å². The molecule has 0 unspecified atom stereocenters. The van der Waals surface area contributed by atoms with Gasteiger partial charge in [-0.25, -0.2) is 0 Å². The third-order valence-electron chi connectivity index (χ3n) is 2.20. The summed E-state index contributed by atoms with van der Waals surface area (Å²) in [5, 5.41) is 3.11. The highest BCUT2D eigenvalue weighted by Gasteiger charge is 2.30. The van der Waals surface area contributed by atoms with E-state index in [-0.39, 0.29) is 5.54 Å². The molecule has 0 bridgehead atoms. The summed E-state index contributed by atoms with van der Waals surface area (Å²) < 4.78 is 42.0. The minimum absolute atomic E-state index is 0.325. The summed E-state index contributed by atoms with van der Waals surface area (Å²) in [7, 11) is 1.58. The molecule has 5 heteroatoms. The normalized spacial score (nSPS) is 12.6. The molecule has 0 atom stereocenters. The van der Waals surface area contributed by atoms with E-state index in [1.165, 1.54) is 12.1 Å². The fraction of sp³-hybridized carbons (Fsp3) is 0.500. The monoisotopic (exact) mass is 247 g/mol. The third-order valence-corrected chi connectivity index (χ3v) is 2.20. The lowest BCUT2D eigenvalue weighted by atomic mass is 10.1. The minimum atomic E-state index is -4.29. The largest absolute Gasteiger partial charge is 0.416 e. The van der Waals surface area contributed by atoms with Crippen molar-refractivity contribution in [1.82, 2.24) is 0 Å². The van der Waals surface area contributed by atoms with Gasteiger partial charge in [0.1, 0.15) is 0 Å². The Kier molecular flexibility index (Phi) is 4.03. The van der Waals surface area contributed by atoms with E-state index in [4.69, 9.17) is 4.74 Å². The van der Waals surface area contributed by atoms with Crippen LogP contribution in [0.1, 0.15) is 19.4 Å². The number of methoxy groups -OCH3 is 1. The highest BCUT2D eigenvalue weighted by atomic mass is 19.4. The third kappa shape index (κ3) is 4.26. The maximum atomic E-state index is 12.3. The first kappa shape index (κ1) is 13.8. The Bertz CT molecular complexity index is 357. The Morgan fingerprint density at radius 2 is 1.65 bits per heavy atom. The molecule has 0 spiro atoms. The molecule has 17 heavy (non-hydrogen) atoms. The van der Waals surface area contributed by atoms with Gasteiger partial charge in [0.2, 0.25) is 0 Å². The molecule has 0 aliphatic rings. The van der Waals surface area contributed by atoms with Crippen LogP contribution < -0.4 is 5.32 Å². The molecule has 1 N–H and O–H groups in total. The number of alkyl halides is 3. The summed E-state index contributed by atoms with van der Waals surface area (Å²) in [6.45, 7) is 4.29. The second-order valence-electron chi connectivity index (χ2n) is 4.52.